The van der Waals surface area contributed by atoms with Crippen LogP contribution in [-0.2, 0) is 6.54 Å². The minimum Gasteiger partial charge on any atom is -0.367 e. The summed E-state index contributed by atoms with van der Waals surface area (Å²) in [7, 11) is 0. The van der Waals surface area contributed by atoms with Gasteiger partial charge < -0.3 is 5.32 Å². The Labute approximate surface area is 141 Å². The van der Waals surface area contributed by atoms with Crippen LogP contribution < -0.4 is 10.9 Å². The van der Waals surface area contributed by atoms with Gasteiger partial charge >= 0.3 is 0 Å². The second kappa shape index (κ2) is 8.01. The van der Waals surface area contributed by atoms with Gasteiger partial charge in [0.25, 0.3) is 5.56 Å². The molecule has 1 N–H and O–H groups in total. The van der Waals surface area contributed by atoms with Gasteiger partial charge in [0.2, 0.25) is 0 Å². The number of nitrogens with one attached hydrogen (secondary N) is 1. The van der Waals surface area contributed by atoms with Crippen LogP contribution in [-0.4, -0.2) is 50.3 Å². The first-order chi connectivity index (χ1) is 11.7. The third-order valence-corrected chi connectivity index (χ3v) is 4.52. The lowest BCUT2D eigenvalue weighted by Gasteiger charge is -2.36. The highest BCUT2D eigenvalue weighted by atomic mass is 16.1. The van der Waals surface area contributed by atoms with Crippen LogP contribution in [0, 0.1) is 6.92 Å². The molecule has 0 aliphatic carbocycles. The molecule has 1 saturated heterocycles. The van der Waals surface area contributed by atoms with Crippen molar-refractivity contribution in [1.82, 2.24) is 24.6 Å². The van der Waals surface area contributed by atoms with Crippen LogP contribution in [0.5, 0.6) is 0 Å². The normalized spacial score (nSPS) is 18.5. The van der Waals surface area contributed by atoms with Gasteiger partial charge in [0, 0.05) is 43.8 Å². The molecule has 3 rings (SSSR count). The van der Waals surface area contributed by atoms with E-state index in [9.17, 15) is 4.79 Å². The molecule has 7 heteroatoms. The monoisotopic (exact) mass is 328 g/mol. The van der Waals surface area contributed by atoms with Gasteiger partial charge in [-0.3, -0.25) is 14.7 Å². The molecule has 2 aromatic rings. The molecule has 128 valence electrons. The molecule has 2 aromatic heterocycles. The van der Waals surface area contributed by atoms with E-state index in [0.29, 0.717) is 12.6 Å². The number of rotatable bonds is 6. The molecule has 0 spiro atoms. The standard InChI is InChI=1S/C17H24N6O/c1-14-17(19-9-8-18-14)20-13-15-5-2-3-10-22(15)11-12-23-16(24)6-4-7-21-23/h4,6-9,15H,2-3,5,10-13H2,1H3,(H,19,20). The van der Waals surface area contributed by atoms with Crippen molar-refractivity contribution in [3.8, 4) is 0 Å². The second-order valence-corrected chi connectivity index (χ2v) is 6.14. The summed E-state index contributed by atoms with van der Waals surface area (Å²) in [5.41, 5.74) is 0.874. The van der Waals surface area contributed by atoms with Crippen LogP contribution in [0.1, 0.15) is 25.0 Å². The molecular weight excluding hydrogens is 304 g/mol. The maximum atomic E-state index is 11.8. The van der Waals surface area contributed by atoms with Gasteiger partial charge in [0.15, 0.2) is 0 Å². The predicted molar refractivity (Wildman–Crippen MR) is 93.0 cm³/mol. The zero-order chi connectivity index (χ0) is 16.8. The van der Waals surface area contributed by atoms with Gasteiger partial charge in [-0.25, -0.2) is 9.67 Å². The number of aryl methyl sites for hydroxylation is 1. The predicted octanol–water partition coefficient (Wildman–Crippen LogP) is 1.31. The average Bonchev–Trinajstić information content (AvgIpc) is 2.61. The molecule has 7 nitrogen and oxygen atoms in total. The van der Waals surface area contributed by atoms with Gasteiger partial charge in [-0.2, -0.15) is 5.10 Å². The molecule has 1 fully saturated rings. The number of piperidine rings is 1. The number of likely N-dealkylation sites (tertiary alicyclic amines) is 1. The topological polar surface area (TPSA) is 75.9 Å². The smallest absolute Gasteiger partial charge is 0.266 e. The van der Waals surface area contributed by atoms with Crippen LogP contribution >= 0.6 is 0 Å². The van der Waals surface area contributed by atoms with E-state index >= 15 is 0 Å². The zero-order valence-corrected chi connectivity index (χ0v) is 14.1. The molecule has 1 aliphatic rings. The lowest BCUT2D eigenvalue weighted by molar-refractivity contribution is 0.148. The van der Waals surface area contributed by atoms with E-state index in [1.807, 2.05) is 6.92 Å². The first-order valence-electron chi connectivity index (χ1n) is 8.52. The van der Waals surface area contributed by atoms with Crippen molar-refractivity contribution in [3.63, 3.8) is 0 Å². The number of hydrogen-bond acceptors (Lipinski definition) is 6. The fraction of sp³-hybridized carbons (Fsp3) is 0.529. The summed E-state index contributed by atoms with van der Waals surface area (Å²) in [4.78, 5) is 22.8. The lowest BCUT2D eigenvalue weighted by Crippen LogP contribution is -2.45. The Morgan fingerprint density at radius 3 is 2.92 bits per heavy atom. The van der Waals surface area contributed by atoms with Crippen LogP contribution in [0.15, 0.2) is 35.5 Å². The Morgan fingerprint density at radius 1 is 1.21 bits per heavy atom. The second-order valence-electron chi connectivity index (χ2n) is 6.14. The fourth-order valence-corrected chi connectivity index (χ4v) is 3.16. The van der Waals surface area contributed by atoms with Gasteiger partial charge in [0.1, 0.15) is 5.82 Å². The molecule has 24 heavy (non-hydrogen) atoms. The summed E-state index contributed by atoms with van der Waals surface area (Å²) < 4.78 is 1.53. The number of hydrogen-bond donors (Lipinski definition) is 1. The van der Waals surface area contributed by atoms with Crippen molar-refractivity contribution < 1.29 is 0 Å². The van der Waals surface area contributed by atoms with Crippen molar-refractivity contribution in [2.24, 2.45) is 0 Å². The molecule has 3 heterocycles. The molecule has 1 aliphatic heterocycles. The largest absolute Gasteiger partial charge is 0.367 e. The van der Waals surface area contributed by atoms with Crippen LogP contribution in [0.2, 0.25) is 0 Å². The molecule has 0 bridgehead atoms. The number of aromatic nitrogens is 4. The first kappa shape index (κ1) is 16.6. The Kier molecular flexibility index (Phi) is 5.53. The molecule has 1 atom stereocenters. The highest BCUT2D eigenvalue weighted by molar-refractivity contribution is 5.38. The highest BCUT2D eigenvalue weighted by Crippen LogP contribution is 2.18. The van der Waals surface area contributed by atoms with E-state index in [2.05, 4.69) is 25.3 Å². The number of anilines is 1. The van der Waals surface area contributed by atoms with Gasteiger partial charge in [-0.05, 0) is 32.4 Å². The van der Waals surface area contributed by atoms with E-state index in [0.717, 1.165) is 37.6 Å². The van der Waals surface area contributed by atoms with Crippen LogP contribution in [0.4, 0.5) is 5.82 Å². The average molecular weight is 328 g/mol. The minimum absolute atomic E-state index is 0.0423. The van der Waals surface area contributed by atoms with Crippen molar-refractivity contribution in [2.75, 3.05) is 25.0 Å². The number of nitrogens with zero attached hydrogens (tertiary/aromatic N) is 5. The van der Waals surface area contributed by atoms with Crippen LogP contribution in [0.25, 0.3) is 0 Å². The Morgan fingerprint density at radius 2 is 2.08 bits per heavy atom. The Hall–Kier alpha value is -2.28. The summed E-state index contributed by atoms with van der Waals surface area (Å²) in [6.07, 6.45) is 8.68. The van der Waals surface area contributed by atoms with E-state index < -0.39 is 0 Å². The summed E-state index contributed by atoms with van der Waals surface area (Å²) in [6, 6.07) is 3.67. The fourth-order valence-electron chi connectivity index (χ4n) is 3.16. The zero-order valence-electron chi connectivity index (χ0n) is 14.1. The van der Waals surface area contributed by atoms with Crippen LogP contribution in [0.3, 0.4) is 0 Å². The Balaban J connectivity index is 1.58. The summed E-state index contributed by atoms with van der Waals surface area (Å²) in [5.74, 6) is 0.851. The molecule has 0 aromatic carbocycles. The van der Waals surface area contributed by atoms with Crippen molar-refractivity contribution in [2.45, 2.75) is 38.8 Å². The molecule has 0 amide bonds. The van der Waals surface area contributed by atoms with E-state index in [1.54, 1.807) is 30.7 Å². The molecular formula is C17H24N6O. The molecule has 0 radical (unpaired) electrons. The van der Waals surface area contributed by atoms with Gasteiger partial charge in [-0.1, -0.05) is 6.42 Å². The van der Waals surface area contributed by atoms with Crippen molar-refractivity contribution in [1.29, 1.82) is 0 Å². The van der Waals surface area contributed by atoms with Crippen molar-refractivity contribution >= 4 is 5.82 Å². The third-order valence-electron chi connectivity index (χ3n) is 4.52. The highest BCUT2D eigenvalue weighted by Gasteiger charge is 2.22. The summed E-state index contributed by atoms with van der Waals surface area (Å²) in [5, 5.41) is 7.56. The summed E-state index contributed by atoms with van der Waals surface area (Å²) >= 11 is 0. The maximum absolute atomic E-state index is 11.8. The van der Waals surface area contributed by atoms with Gasteiger partial charge in [0.05, 0.1) is 12.2 Å². The third kappa shape index (κ3) is 4.17. The Bertz CT molecular complexity index is 716. The lowest BCUT2D eigenvalue weighted by atomic mass is 10.0. The van der Waals surface area contributed by atoms with E-state index in [-0.39, 0.29) is 5.56 Å². The summed E-state index contributed by atoms with van der Waals surface area (Å²) in [6.45, 7) is 5.33. The molecule has 1 unspecified atom stereocenters. The van der Waals surface area contributed by atoms with Crippen molar-refractivity contribution in [3.05, 3.63) is 46.8 Å². The SMILES string of the molecule is Cc1nccnc1NCC1CCCCN1CCn1ncccc1=O. The quantitative estimate of drug-likeness (QED) is 0.862. The van der Waals surface area contributed by atoms with E-state index in [1.165, 1.54) is 17.5 Å². The minimum atomic E-state index is -0.0423. The first-order valence-corrected chi connectivity index (χ1v) is 8.52. The van der Waals surface area contributed by atoms with Gasteiger partial charge in [-0.15, -0.1) is 0 Å². The maximum Gasteiger partial charge on any atom is 0.266 e. The molecule has 0 saturated carbocycles. The van der Waals surface area contributed by atoms with E-state index in [4.69, 9.17) is 0 Å².